The lowest BCUT2D eigenvalue weighted by atomic mass is 9.85. The minimum absolute atomic E-state index is 0.376. The maximum Gasteiger partial charge on any atom is 0.135 e. The second-order valence-electron chi connectivity index (χ2n) is 9.21. The lowest BCUT2D eigenvalue weighted by molar-refractivity contribution is 0.669. The van der Waals surface area contributed by atoms with Crippen LogP contribution in [0.3, 0.4) is 0 Å². The maximum atomic E-state index is 9.75. The van der Waals surface area contributed by atoms with Gasteiger partial charge in [0.2, 0.25) is 0 Å². The van der Waals surface area contributed by atoms with Crippen molar-refractivity contribution in [1.29, 1.82) is 0 Å². The number of hydrogen-bond donors (Lipinski definition) is 0. The molecule has 0 fully saturated rings. The minimum Gasteiger partial charge on any atom is -0.456 e. The third-order valence-corrected chi connectivity index (χ3v) is 7.09. The molecule has 8 aromatic rings. The van der Waals surface area contributed by atoms with Crippen molar-refractivity contribution in [2.45, 2.75) is 12.7 Å². The van der Waals surface area contributed by atoms with Crippen LogP contribution in [0.15, 0.2) is 137 Å². The molecule has 0 bridgehead atoms. The molecular formula is C40H26O. The van der Waals surface area contributed by atoms with E-state index < -0.39 is 222 Å². The number of furan rings is 1. The number of benzene rings is 7. The summed E-state index contributed by atoms with van der Waals surface area (Å²) < 4.78 is 229. The van der Waals surface area contributed by atoms with Gasteiger partial charge in [-0.1, -0.05) is 116 Å². The molecule has 1 aliphatic carbocycles. The fourth-order valence-electron chi connectivity index (χ4n) is 5.34. The molecule has 1 atom stereocenters. The Kier molecular flexibility index (Phi) is 1.89. The van der Waals surface area contributed by atoms with E-state index in [0.717, 1.165) is 6.07 Å². The summed E-state index contributed by atoms with van der Waals surface area (Å²) in [6.07, 6.45) is 0. The standard InChI is InChI=1S/C40H26O/c1-24-27-10-2-3-11-28(27)29-20-18-25(22-35(24)29)39-31-13-4-6-15-33(31)40(34-16-7-5-14-32(34)39)26-19-21-38-36(23-26)30-12-8-9-17-37(30)41-38/h2-24H,1H3/i1D3,2D,3D,4D,5D,6D,7D,8D,9D,10D,12D,13D,14D,15D,16D,17D,18D,19D,20D,21D,22D,23D,24D. The molecule has 1 unspecified atom stereocenters. The van der Waals surface area contributed by atoms with E-state index in [2.05, 4.69) is 0 Å². The lowest BCUT2D eigenvalue weighted by Gasteiger charge is -2.18. The van der Waals surface area contributed by atoms with E-state index >= 15 is 0 Å². The number of fused-ring (bicyclic) bond motifs is 8. The van der Waals surface area contributed by atoms with Crippen LogP contribution in [0, 0.1) is 0 Å². The van der Waals surface area contributed by atoms with E-state index in [1.54, 1.807) is 0 Å². The molecule has 0 N–H and O–H groups in total. The van der Waals surface area contributed by atoms with Crippen LogP contribution in [0.2, 0.25) is 0 Å². The van der Waals surface area contributed by atoms with Crippen LogP contribution in [0.5, 0.6) is 0 Å². The van der Waals surface area contributed by atoms with Crippen molar-refractivity contribution >= 4 is 43.5 Å². The van der Waals surface area contributed by atoms with Crippen LogP contribution in [0.4, 0.5) is 0 Å². The predicted molar refractivity (Wildman–Crippen MR) is 173 cm³/mol. The molecule has 192 valence electrons. The Hall–Kier alpha value is -5.14. The number of para-hydroxylation sites is 1. The van der Waals surface area contributed by atoms with E-state index in [0.29, 0.717) is 0 Å². The Morgan fingerprint density at radius 1 is 0.537 bits per heavy atom. The van der Waals surface area contributed by atoms with E-state index in [9.17, 15) is 13.7 Å². The third kappa shape index (κ3) is 3.18. The first kappa shape index (κ1) is 9.19. The third-order valence-electron chi connectivity index (χ3n) is 7.09. The average Bonchev–Trinajstić information content (AvgIpc) is 3.80. The zero-order valence-electron chi connectivity index (χ0n) is 45.5. The zero-order valence-corrected chi connectivity index (χ0v) is 20.5. The Labute approximate surface area is 273 Å². The van der Waals surface area contributed by atoms with Crippen LogP contribution in [0.25, 0.3) is 76.9 Å². The van der Waals surface area contributed by atoms with Gasteiger partial charge in [-0.2, -0.15) is 0 Å². The molecule has 7 aromatic carbocycles. The van der Waals surface area contributed by atoms with Crippen molar-refractivity contribution in [2.24, 2.45) is 0 Å². The number of rotatable bonds is 2. The first-order valence-corrected chi connectivity index (χ1v) is 12.2. The fourth-order valence-corrected chi connectivity index (χ4v) is 5.34. The SMILES string of the molecule is [2H]c1cc2c(c([2H])c1[2H])C([2H])(C([2H])([2H])[2H])c1c([2H])c(-c3c4c([2H])c([2H])c([2H])c([2H])c4c(-c4c([2H])c([2H])c5oc6c([2H])c([2H])c([2H])c([2H])c6c5c4[2H])c4c([2H])c([2H])c([2H])c([2H])c34)c([2H])c([2H])c1-2. The molecule has 0 radical (unpaired) electrons. The quantitative estimate of drug-likeness (QED) is 0.196. The summed E-state index contributed by atoms with van der Waals surface area (Å²) >= 11 is 0. The van der Waals surface area contributed by atoms with E-state index in [1.165, 1.54) is 0 Å². The van der Waals surface area contributed by atoms with Crippen molar-refractivity contribution < 1.29 is 38.7 Å². The van der Waals surface area contributed by atoms with Gasteiger partial charge in [-0.05, 0) is 90.2 Å². The van der Waals surface area contributed by atoms with Gasteiger partial charge in [0, 0.05) is 22.1 Å². The Bertz CT molecular complexity index is 3580. The van der Waals surface area contributed by atoms with Gasteiger partial charge in [-0.25, -0.2) is 0 Å². The van der Waals surface area contributed by atoms with Gasteiger partial charge in [-0.3, -0.25) is 0 Å². The largest absolute Gasteiger partial charge is 0.456 e. The highest BCUT2D eigenvalue weighted by molar-refractivity contribution is 6.22. The summed E-state index contributed by atoms with van der Waals surface area (Å²) in [7, 11) is 0. The van der Waals surface area contributed by atoms with Crippen molar-refractivity contribution in [3.05, 3.63) is 144 Å². The zero-order chi connectivity index (χ0) is 48.8. The summed E-state index contributed by atoms with van der Waals surface area (Å²) in [6, 6.07) is -17.6. The highest BCUT2D eigenvalue weighted by Gasteiger charge is 2.26. The van der Waals surface area contributed by atoms with Crippen LogP contribution in [-0.2, 0) is 0 Å². The molecule has 1 aliphatic rings. The predicted octanol–water partition coefficient (Wildman–Crippen LogP) is 11.4. The molecule has 0 amide bonds. The van der Waals surface area contributed by atoms with Gasteiger partial charge in [-0.15, -0.1) is 0 Å². The van der Waals surface area contributed by atoms with Gasteiger partial charge in [0.25, 0.3) is 0 Å². The summed E-state index contributed by atoms with van der Waals surface area (Å²) in [6.45, 7) is -3.51. The van der Waals surface area contributed by atoms with E-state index in [-0.39, 0.29) is 5.56 Å². The fraction of sp³-hybridized carbons (Fsp3) is 0.0500. The van der Waals surface area contributed by atoms with Crippen molar-refractivity contribution in [3.8, 4) is 33.4 Å². The highest BCUT2D eigenvalue weighted by atomic mass is 16.3. The molecule has 9 rings (SSSR count). The normalized spacial score (nSPS) is 24.9. The van der Waals surface area contributed by atoms with Crippen LogP contribution in [0.1, 0.15) is 58.1 Å². The first-order valence-electron chi connectivity index (χ1n) is 24.7. The van der Waals surface area contributed by atoms with Crippen LogP contribution >= 0.6 is 0 Å². The van der Waals surface area contributed by atoms with Crippen molar-refractivity contribution in [1.82, 2.24) is 0 Å². The van der Waals surface area contributed by atoms with Crippen molar-refractivity contribution in [3.63, 3.8) is 0 Å². The monoisotopic (exact) mass is 547 g/mol. The molecule has 0 saturated heterocycles. The average molecular weight is 548 g/mol. The van der Waals surface area contributed by atoms with E-state index in [4.69, 9.17) is 25.0 Å². The maximum absolute atomic E-state index is 9.75. The first-order chi connectivity index (χ1) is 30.6. The summed E-state index contributed by atoms with van der Waals surface area (Å²) in [5.41, 5.74) is -6.50. The molecular weight excluding hydrogens is 496 g/mol. The highest BCUT2D eigenvalue weighted by Crippen LogP contribution is 2.49. The second kappa shape index (κ2) is 8.43. The topological polar surface area (TPSA) is 13.1 Å². The Balaban J connectivity index is 1.60. The molecule has 0 spiro atoms. The number of hydrogen-bond acceptors (Lipinski definition) is 1. The minimum atomic E-state index is -3.51. The molecule has 0 saturated carbocycles. The molecule has 1 aromatic heterocycles. The summed E-state index contributed by atoms with van der Waals surface area (Å²) in [5.74, 6) is -3.17. The second-order valence-corrected chi connectivity index (χ2v) is 9.21. The van der Waals surface area contributed by atoms with Gasteiger partial charge in [0.1, 0.15) is 11.2 Å². The van der Waals surface area contributed by atoms with E-state index in [1.807, 2.05) is 0 Å². The smallest absolute Gasteiger partial charge is 0.135 e. The molecule has 1 heterocycles. The summed E-state index contributed by atoms with van der Waals surface area (Å²) in [4.78, 5) is 0. The van der Waals surface area contributed by atoms with Crippen LogP contribution < -0.4 is 0 Å². The molecule has 1 heteroatoms. The van der Waals surface area contributed by atoms with Gasteiger partial charge < -0.3 is 4.42 Å². The van der Waals surface area contributed by atoms with Gasteiger partial charge in [0.15, 0.2) is 0 Å². The Morgan fingerprint density at radius 3 is 1.83 bits per heavy atom. The lowest BCUT2D eigenvalue weighted by Crippen LogP contribution is -1.93. The molecule has 0 aliphatic heterocycles. The van der Waals surface area contributed by atoms with Crippen molar-refractivity contribution in [2.75, 3.05) is 0 Å². The van der Waals surface area contributed by atoms with Gasteiger partial charge in [0.05, 0.1) is 28.8 Å². The summed E-state index contributed by atoms with van der Waals surface area (Å²) in [5, 5.41) is -3.77. The van der Waals surface area contributed by atoms with Crippen LogP contribution in [-0.4, -0.2) is 0 Å². The molecule has 41 heavy (non-hydrogen) atoms. The Morgan fingerprint density at radius 2 is 1.12 bits per heavy atom. The molecule has 1 nitrogen and oxygen atoms in total. The van der Waals surface area contributed by atoms with Gasteiger partial charge >= 0.3 is 0 Å².